The number of urea groups is 1. The average Bonchev–Trinajstić information content (AvgIpc) is 2.87. The van der Waals surface area contributed by atoms with Crippen molar-refractivity contribution < 1.29 is 9.59 Å². The third-order valence-corrected chi connectivity index (χ3v) is 5.96. The predicted molar refractivity (Wildman–Crippen MR) is 134 cm³/mol. The van der Waals surface area contributed by atoms with E-state index in [0.29, 0.717) is 16.8 Å². The zero-order valence-corrected chi connectivity index (χ0v) is 19.3. The van der Waals surface area contributed by atoms with Gasteiger partial charge in [-0.1, -0.05) is 12.1 Å². The number of amides is 3. The molecule has 0 unspecified atom stereocenters. The molecule has 1 aliphatic rings. The van der Waals surface area contributed by atoms with E-state index in [2.05, 4.69) is 30.8 Å². The van der Waals surface area contributed by atoms with Gasteiger partial charge in [-0.3, -0.25) is 9.59 Å². The number of nitrogens with zero attached hydrogens (tertiary/aromatic N) is 2. The fourth-order valence-corrected chi connectivity index (χ4v) is 4.03. The van der Waals surface area contributed by atoms with Crippen molar-refractivity contribution in [3.8, 4) is 11.1 Å². The molecule has 0 spiro atoms. The number of carbonyl (C=O) groups is 2. The van der Waals surface area contributed by atoms with Crippen LogP contribution in [0.5, 0.6) is 0 Å². The van der Waals surface area contributed by atoms with Crippen molar-refractivity contribution in [3.63, 3.8) is 0 Å². The highest BCUT2D eigenvalue weighted by atomic mass is 16.2. The molecule has 3 aromatic rings. The summed E-state index contributed by atoms with van der Waals surface area (Å²) in [5.74, 6) is 0.648. The fourth-order valence-electron chi connectivity index (χ4n) is 4.03. The minimum Gasteiger partial charge on any atom is -0.357 e. The Morgan fingerprint density at radius 1 is 1.03 bits per heavy atom. The maximum absolute atomic E-state index is 12.9. The Balaban J connectivity index is 1.53. The van der Waals surface area contributed by atoms with Crippen molar-refractivity contribution in [1.29, 1.82) is 0 Å². The molecule has 0 atom stereocenters. The number of rotatable bonds is 5. The van der Waals surface area contributed by atoms with Gasteiger partial charge in [-0.2, -0.15) is 0 Å². The van der Waals surface area contributed by atoms with E-state index in [4.69, 9.17) is 0 Å². The SMILES string of the molecule is CNC(=O)Nc1cc(-c2cccc(NC(=O)c3ccc(N4CCCCC4)nc3)c2C)c[nH]c1=O. The zero-order chi connectivity index (χ0) is 24.1. The molecule has 1 aliphatic heterocycles. The van der Waals surface area contributed by atoms with Crippen molar-refractivity contribution in [1.82, 2.24) is 15.3 Å². The number of aromatic amines is 1. The summed E-state index contributed by atoms with van der Waals surface area (Å²) >= 11 is 0. The second-order valence-corrected chi connectivity index (χ2v) is 8.22. The first-order valence-electron chi connectivity index (χ1n) is 11.3. The molecule has 0 aliphatic carbocycles. The Morgan fingerprint density at radius 3 is 2.53 bits per heavy atom. The van der Waals surface area contributed by atoms with Gasteiger partial charge < -0.3 is 25.8 Å². The van der Waals surface area contributed by atoms with Crippen LogP contribution in [0.3, 0.4) is 0 Å². The average molecular weight is 461 g/mol. The van der Waals surface area contributed by atoms with Gasteiger partial charge in [-0.25, -0.2) is 9.78 Å². The number of aromatic nitrogens is 2. The molecule has 176 valence electrons. The van der Waals surface area contributed by atoms with Gasteiger partial charge >= 0.3 is 6.03 Å². The molecule has 4 rings (SSSR count). The van der Waals surface area contributed by atoms with Crippen LogP contribution in [-0.4, -0.2) is 42.0 Å². The smallest absolute Gasteiger partial charge is 0.319 e. The Kier molecular flexibility index (Phi) is 6.91. The van der Waals surface area contributed by atoms with Crippen molar-refractivity contribution in [2.24, 2.45) is 0 Å². The van der Waals surface area contributed by atoms with E-state index in [1.165, 1.54) is 13.5 Å². The molecule has 0 radical (unpaired) electrons. The Hall–Kier alpha value is -4.14. The molecule has 1 saturated heterocycles. The van der Waals surface area contributed by atoms with Gasteiger partial charge in [0.05, 0.1) is 5.56 Å². The van der Waals surface area contributed by atoms with E-state index < -0.39 is 11.6 Å². The second kappa shape index (κ2) is 10.2. The summed E-state index contributed by atoms with van der Waals surface area (Å²) in [6, 6.07) is 10.3. The number of hydrogen-bond acceptors (Lipinski definition) is 5. The van der Waals surface area contributed by atoms with Crippen molar-refractivity contribution >= 4 is 29.1 Å². The highest BCUT2D eigenvalue weighted by Gasteiger charge is 2.15. The number of nitrogens with one attached hydrogen (secondary N) is 4. The second-order valence-electron chi connectivity index (χ2n) is 8.22. The number of benzene rings is 1. The zero-order valence-electron chi connectivity index (χ0n) is 19.3. The lowest BCUT2D eigenvalue weighted by molar-refractivity contribution is 0.102. The molecule has 0 saturated carbocycles. The molecule has 1 aromatic carbocycles. The molecule has 2 aromatic heterocycles. The highest BCUT2D eigenvalue weighted by Crippen LogP contribution is 2.29. The van der Waals surface area contributed by atoms with E-state index in [0.717, 1.165) is 42.9 Å². The lowest BCUT2D eigenvalue weighted by Crippen LogP contribution is -2.30. The Morgan fingerprint density at radius 2 is 1.82 bits per heavy atom. The van der Waals surface area contributed by atoms with Crippen LogP contribution in [0.15, 0.2) is 53.6 Å². The first-order chi connectivity index (χ1) is 16.5. The van der Waals surface area contributed by atoms with E-state index >= 15 is 0 Å². The maximum Gasteiger partial charge on any atom is 0.319 e. The molecule has 3 heterocycles. The molecule has 4 N–H and O–H groups in total. The van der Waals surface area contributed by atoms with Crippen LogP contribution in [0.1, 0.15) is 35.2 Å². The van der Waals surface area contributed by atoms with Crippen molar-refractivity contribution in [3.05, 3.63) is 70.3 Å². The monoisotopic (exact) mass is 460 g/mol. The summed E-state index contributed by atoms with van der Waals surface area (Å²) in [4.78, 5) is 46.0. The Labute approximate surface area is 197 Å². The van der Waals surface area contributed by atoms with Gasteiger partial charge in [0.25, 0.3) is 11.5 Å². The lowest BCUT2D eigenvalue weighted by Gasteiger charge is -2.27. The van der Waals surface area contributed by atoms with Gasteiger partial charge in [0.2, 0.25) is 0 Å². The molecular formula is C25H28N6O3. The van der Waals surface area contributed by atoms with Crippen LogP contribution in [0.2, 0.25) is 0 Å². The van der Waals surface area contributed by atoms with Crippen LogP contribution in [0.4, 0.5) is 22.0 Å². The summed E-state index contributed by atoms with van der Waals surface area (Å²) in [6.07, 6.45) is 6.77. The topological polar surface area (TPSA) is 119 Å². The minimum absolute atomic E-state index is 0.130. The summed E-state index contributed by atoms with van der Waals surface area (Å²) in [5, 5.41) is 7.89. The van der Waals surface area contributed by atoms with Crippen LogP contribution < -0.4 is 26.4 Å². The number of H-pyrrole nitrogens is 1. The molecular weight excluding hydrogens is 432 g/mol. The summed E-state index contributed by atoms with van der Waals surface area (Å²) in [7, 11) is 1.47. The third-order valence-electron chi connectivity index (χ3n) is 5.96. The fraction of sp³-hybridized carbons (Fsp3) is 0.280. The van der Waals surface area contributed by atoms with E-state index in [1.54, 1.807) is 24.5 Å². The van der Waals surface area contributed by atoms with Crippen LogP contribution in [-0.2, 0) is 0 Å². The number of hydrogen-bond donors (Lipinski definition) is 4. The highest BCUT2D eigenvalue weighted by molar-refractivity contribution is 6.05. The molecule has 34 heavy (non-hydrogen) atoms. The summed E-state index contributed by atoms with van der Waals surface area (Å²) < 4.78 is 0. The quantitative estimate of drug-likeness (QED) is 0.462. The number of piperidine rings is 1. The van der Waals surface area contributed by atoms with E-state index in [9.17, 15) is 14.4 Å². The number of anilines is 3. The first-order valence-corrected chi connectivity index (χ1v) is 11.3. The lowest BCUT2D eigenvalue weighted by atomic mass is 10.00. The maximum atomic E-state index is 12.9. The predicted octanol–water partition coefficient (Wildman–Crippen LogP) is 3.74. The molecule has 1 fully saturated rings. The van der Waals surface area contributed by atoms with Gasteiger partial charge in [-0.05, 0) is 61.6 Å². The van der Waals surface area contributed by atoms with Gasteiger partial charge in [0, 0.05) is 43.8 Å². The van der Waals surface area contributed by atoms with Crippen LogP contribution >= 0.6 is 0 Å². The molecule has 0 bridgehead atoms. The van der Waals surface area contributed by atoms with Gasteiger partial charge in [-0.15, -0.1) is 0 Å². The van der Waals surface area contributed by atoms with E-state index in [1.807, 2.05) is 31.2 Å². The van der Waals surface area contributed by atoms with Gasteiger partial charge in [0.1, 0.15) is 11.5 Å². The van der Waals surface area contributed by atoms with Gasteiger partial charge in [0.15, 0.2) is 0 Å². The number of carbonyl (C=O) groups excluding carboxylic acids is 2. The summed E-state index contributed by atoms with van der Waals surface area (Å²) in [6.45, 7) is 3.88. The number of pyridine rings is 2. The standard InChI is InChI=1S/C25H28N6O3/c1-16-19(18-13-21(24(33)28-15-18)30-25(34)26-2)7-6-8-20(16)29-23(32)17-9-10-22(27-14-17)31-11-4-3-5-12-31/h6-10,13-15H,3-5,11-12H2,1-2H3,(H,28,33)(H,29,32)(H2,26,30,34). The van der Waals surface area contributed by atoms with Crippen LogP contribution in [0, 0.1) is 6.92 Å². The largest absolute Gasteiger partial charge is 0.357 e. The van der Waals surface area contributed by atoms with Crippen molar-refractivity contribution in [2.75, 3.05) is 35.7 Å². The van der Waals surface area contributed by atoms with E-state index in [-0.39, 0.29) is 11.6 Å². The Bertz CT molecular complexity index is 1250. The van der Waals surface area contributed by atoms with Crippen molar-refractivity contribution in [2.45, 2.75) is 26.2 Å². The minimum atomic E-state index is -0.486. The third kappa shape index (κ3) is 5.09. The van der Waals surface area contributed by atoms with Crippen LogP contribution in [0.25, 0.3) is 11.1 Å². The first kappa shape index (κ1) is 23.0. The summed E-state index contributed by atoms with van der Waals surface area (Å²) in [5.41, 5.74) is 3.19. The molecule has 3 amide bonds. The normalized spacial score (nSPS) is 13.3. The molecule has 9 heteroatoms. The molecule has 9 nitrogen and oxygen atoms in total.